The second-order valence-electron chi connectivity index (χ2n) is 7.51. The Bertz CT molecular complexity index is 329. The zero-order valence-electron chi connectivity index (χ0n) is 11.9. The van der Waals surface area contributed by atoms with Gasteiger partial charge in [0, 0.05) is 24.7 Å². The molecule has 2 heteroatoms. The van der Waals surface area contributed by atoms with Gasteiger partial charge in [0.1, 0.15) is 0 Å². The summed E-state index contributed by atoms with van der Waals surface area (Å²) in [5.74, 6) is 1.96. The molecule has 2 bridgehead atoms. The molecule has 0 radical (unpaired) electrons. The third-order valence-electron chi connectivity index (χ3n) is 6.67. The summed E-state index contributed by atoms with van der Waals surface area (Å²) in [7, 11) is 0. The summed E-state index contributed by atoms with van der Waals surface area (Å²) in [5.41, 5.74) is 0.553. The molecule has 0 aliphatic carbocycles. The fraction of sp³-hybridized carbons (Fsp3) is 1.00. The number of rotatable bonds is 0. The second kappa shape index (κ2) is 4.21. The molecule has 0 aromatic carbocycles. The van der Waals surface area contributed by atoms with Crippen LogP contribution in [0.4, 0.5) is 0 Å². The molecule has 4 heterocycles. The number of fused-ring (bicyclic) bond motifs is 6. The van der Waals surface area contributed by atoms with Gasteiger partial charge in [0.2, 0.25) is 0 Å². The molecule has 0 aromatic heterocycles. The average Bonchev–Trinajstić information content (AvgIpc) is 2.40. The minimum atomic E-state index is 0.553. The van der Waals surface area contributed by atoms with Crippen molar-refractivity contribution < 1.29 is 0 Å². The first-order chi connectivity index (χ1) is 8.77. The van der Waals surface area contributed by atoms with E-state index >= 15 is 0 Å². The van der Waals surface area contributed by atoms with Crippen LogP contribution in [-0.4, -0.2) is 47.6 Å². The SMILES string of the molecule is C[C@]12CCCCN1C[C@@H]1CC2CN2CCCC[C@@H]12. The van der Waals surface area contributed by atoms with Crippen molar-refractivity contribution in [3.05, 3.63) is 0 Å². The third-order valence-corrected chi connectivity index (χ3v) is 6.67. The highest BCUT2D eigenvalue weighted by Gasteiger charge is 2.52. The summed E-state index contributed by atoms with van der Waals surface area (Å²) >= 11 is 0. The zero-order valence-corrected chi connectivity index (χ0v) is 11.9. The van der Waals surface area contributed by atoms with E-state index in [4.69, 9.17) is 0 Å². The number of hydrogen-bond donors (Lipinski definition) is 0. The van der Waals surface area contributed by atoms with Crippen LogP contribution < -0.4 is 0 Å². The van der Waals surface area contributed by atoms with Gasteiger partial charge in [-0.2, -0.15) is 0 Å². The van der Waals surface area contributed by atoms with E-state index in [2.05, 4.69) is 16.7 Å². The fourth-order valence-corrected chi connectivity index (χ4v) is 5.55. The Morgan fingerprint density at radius 2 is 1.89 bits per heavy atom. The molecule has 4 aliphatic rings. The second-order valence-corrected chi connectivity index (χ2v) is 7.51. The van der Waals surface area contributed by atoms with Gasteiger partial charge >= 0.3 is 0 Å². The van der Waals surface area contributed by atoms with Crippen LogP contribution in [0.3, 0.4) is 0 Å². The molecular weight excluding hydrogens is 220 g/mol. The predicted octanol–water partition coefficient (Wildman–Crippen LogP) is 2.74. The third kappa shape index (κ3) is 1.61. The summed E-state index contributed by atoms with van der Waals surface area (Å²) in [6, 6.07) is 0.946. The first-order valence-corrected chi connectivity index (χ1v) is 8.26. The molecule has 4 rings (SSSR count). The Kier molecular flexibility index (Phi) is 2.74. The van der Waals surface area contributed by atoms with E-state index in [0.29, 0.717) is 5.54 Å². The lowest BCUT2D eigenvalue weighted by molar-refractivity contribution is -0.116. The first kappa shape index (κ1) is 11.7. The van der Waals surface area contributed by atoms with Crippen LogP contribution >= 0.6 is 0 Å². The van der Waals surface area contributed by atoms with Crippen LogP contribution in [0.25, 0.3) is 0 Å². The van der Waals surface area contributed by atoms with Crippen molar-refractivity contribution in [2.75, 3.05) is 26.2 Å². The number of hydrogen-bond acceptors (Lipinski definition) is 2. The summed E-state index contributed by atoms with van der Waals surface area (Å²) in [6.45, 7) is 8.18. The van der Waals surface area contributed by atoms with Gasteiger partial charge in [-0.3, -0.25) is 9.80 Å². The van der Waals surface area contributed by atoms with Crippen molar-refractivity contribution in [3.8, 4) is 0 Å². The largest absolute Gasteiger partial charge is 0.300 e. The van der Waals surface area contributed by atoms with Gasteiger partial charge in [0.15, 0.2) is 0 Å². The molecule has 0 saturated carbocycles. The van der Waals surface area contributed by atoms with Crippen LogP contribution in [0, 0.1) is 11.8 Å². The van der Waals surface area contributed by atoms with E-state index in [1.165, 1.54) is 71.1 Å². The summed E-state index contributed by atoms with van der Waals surface area (Å²) in [6.07, 6.45) is 10.3. The Morgan fingerprint density at radius 3 is 2.83 bits per heavy atom. The molecule has 4 fully saturated rings. The summed E-state index contributed by atoms with van der Waals surface area (Å²) in [4.78, 5) is 5.76. The van der Waals surface area contributed by atoms with E-state index in [1.807, 2.05) is 0 Å². The van der Waals surface area contributed by atoms with Crippen LogP contribution in [-0.2, 0) is 0 Å². The Morgan fingerprint density at radius 1 is 1.00 bits per heavy atom. The lowest BCUT2D eigenvalue weighted by Gasteiger charge is -2.62. The van der Waals surface area contributed by atoms with E-state index in [0.717, 1.165) is 17.9 Å². The monoisotopic (exact) mass is 248 g/mol. The van der Waals surface area contributed by atoms with Gasteiger partial charge in [-0.15, -0.1) is 0 Å². The molecule has 0 amide bonds. The molecule has 0 aromatic rings. The van der Waals surface area contributed by atoms with Crippen molar-refractivity contribution in [3.63, 3.8) is 0 Å². The summed E-state index contributed by atoms with van der Waals surface area (Å²) < 4.78 is 0. The number of piperidine rings is 4. The topological polar surface area (TPSA) is 6.48 Å². The summed E-state index contributed by atoms with van der Waals surface area (Å²) in [5, 5.41) is 0. The molecule has 18 heavy (non-hydrogen) atoms. The Balaban J connectivity index is 1.61. The van der Waals surface area contributed by atoms with Gasteiger partial charge in [0.05, 0.1) is 0 Å². The highest BCUT2D eigenvalue weighted by Crippen LogP contribution is 2.48. The maximum atomic E-state index is 2.89. The molecule has 102 valence electrons. The molecular formula is C16H28N2. The smallest absolute Gasteiger partial charge is 0.0222 e. The number of nitrogens with zero attached hydrogens (tertiary/aromatic N) is 2. The van der Waals surface area contributed by atoms with Crippen molar-refractivity contribution in [2.24, 2.45) is 11.8 Å². The highest BCUT2D eigenvalue weighted by molar-refractivity contribution is 5.06. The van der Waals surface area contributed by atoms with Gasteiger partial charge in [-0.1, -0.05) is 12.8 Å². The molecule has 2 nitrogen and oxygen atoms in total. The van der Waals surface area contributed by atoms with Crippen molar-refractivity contribution >= 4 is 0 Å². The standard InChI is InChI=1S/C16H28N2/c1-16-7-3-5-9-18(16)11-13-10-14(16)12-17-8-4-2-6-15(13)17/h13-15H,2-12H2,1H3/t13-,14?,15-,16+/m0/s1. The molecule has 4 saturated heterocycles. The molecule has 4 aliphatic heterocycles. The van der Waals surface area contributed by atoms with Crippen LogP contribution in [0.2, 0.25) is 0 Å². The first-order valence-electron chi connectivity index (χ1n) is 8.26. The highest BCUT2D eigenvalue weighted by atomic mass is 15.3. The Labute approximate surface area is 112 Å². The predicted molar refractivity (Wildman–Crippen MR) is 74.6 cm³/mol. The van der Waals surface area contributed by atoms with E-state index < -0.39 is 0 Å². The molecule has 4 atom stereocenters. The molecule has 1 unspecified atom stereocenters. The minimum absolute atomic E-state index is 0.553. The van der Waals surface area contributed by atoms with E-state index in [1.54, 1.807) is 0 Å². The fourth-order valence-electron chi connectivity index (χ4n) is 5.55. The lowest BCUT2D eigenvalue weighted by atomic mass is 9.65. The average molecular weight is 248 g/mol. The normalized spacial score (nSPS) is 49.5. The van der Waals surface area contributed by atoms with Crippen LogP contribution in [0.15, 0.2) is 0 Å². The van der Waals surface area contributed by atoms with Crippen molar-refractivity contribution in [2.45, 2.75) is 63.5 Å². The zero-order chi connectivity index (χ0) is 12.2. The maximum absolute atomic E-state index is 2.89. The van der Waals surface area contributed by atoms with Gasteiger partial charge in [0.25, 0.3) is 0 Å². The quantitative estimate of drug-likeness (QED) is 0.650. The van der Waals surface area contributed by atoms with E-state index in [9.17, 15) is 0 Å². The lowest BCUT2D eigenvalue weighted by Crippen LogP contribution is -2.68. The van der Waals surface area contributed by atoms with Gasteiger partial charge in [-0.05, 0) is 64.0 Å². The van der Waals surface area contributed by atoms with E-state index in [-0.39, 0.29) is 0 Å². The van der Waals surface area contributed by atoms with Crippen molar-refractivity contribution in [1.29, 1.82) is 0 Å². The molecule has 0 N–H and O–H groups in total. The van der Waals surface area contributed by atoms with Crippen molar-refractivity contribution in [1.82, 2.24) is 9.80 Å². The maximum Gasteiger partial charge on any atom is 0.0222 e. The van der Waals surface area contributed by atoms with Gasteiger partial charge < -0.3 is 0 Å². The Hall–Kier alpha value is -0.0800. The van der Waals surface area contributed by atoms with Crippen LogP contribution in [0.5, 0.6) is 0 Å². The van der Waals surface area contributed by atoms with Crippen LogP contribution in [0.1, 0.15) is 51.9 Å². The molecule has 0 spiro atoms. The van der Waals surface area contributed by atoms with Gasteiger partial charge in [-0.25, -0.2) is 0 Å². The minimum Gasteiger partial charge on any atom is -0.300 e.